The molecule has 1 aliphatic heterocycles. The summed E-state index contributed by atoms with van der Waals surface area (Å²) in [6, 6.07) is -0.253. The summed E-state index contributed by atoms with van der Waals surface area (Å²) in [5, 5.41) is 3.60. The van der Waals surface area contributed by atoms with E-state index in [4.69, 9.17) is 0 Å². The van der Waals surface area contributed by atoms with Gasteiger partial charge in [-0.3, -0.25) is 9.69 Å². The zero-order valence-electron chi connectivity index (χ0n) is 11.7. The number of rotatable bonds is 6. The van der Waals surface area contributed by atoms with Gasteiger partial charge in [-0.1, -0.05) is 36.7 Å². The lowest BCUT2D eigenvalue weighted by Crippen LogP contribution is -2.45. The lowest BCUT2D eigenvalue weighted by Gasteiger charge is -2.33. The summed E-state index contributed by atoms with van der Waals surface area (Å²) in [6.07, 6.45) is 2.50. The maximum atomic E-state index is 12.3. The van der Waals surface area contributed by atoms with Crippen LogP contribution < -0.4 is 5.32 Å². The van der Waals surface area contributed by atoms with Crippen molar-refractivity contribution in [1.29, 1.82) is 0 Å². The smallest absolute Gasteiger partial charge is 0.323 e. The number of nitrogens with zero attached hydrogens (tertiary/aromatic N) is 1. The second-order valence-corrected chi connectivity index (χ2v) is 5.91. The van der Waals surface area contributed by atoms with Crippen molar-refractivity contribution < 1.29 is 9.59 Å². The van der Waals surface area contributed by atoms with Gasteiger partial charge in [0.25, 0.3) is 5.91 Å². The van der Waals surface area contributed by atoms with Gasteiger partial charge < -0.3 is 5.32 Å². The fourth-order valence-electron chi connectivity index (χ4n) is 2.17. The van der Waals surface area contributed by atoms with Crippen LogP contribution in [0.4, 0.5) is 4.79 Å². The molecule has 1 heterocycles. The summed E-state index contributed by atoms with van der Waals surface area (Å²) in [4.78, 5) is 25.7. The molecule has 1 unspecified atom stereocenters. The summed E-state index contributed by atoms with van der Waals surface area (Å²) in [5.74, 6) is -0.0952. The van der Waals surface area contributed by atoms with E-state index in [1.807, 2.05) is 6.92 Å². The molecule has 4 nitrogen and oxygen atoms in total. The molecule has 1 fully saturated rings. The number of hydrogen-bond acceptors (Lipinski definition) is 2. The summed E-state index contributed by atoms with van der Waals surface area (Å²) in [5.41, 5.74) is -0.747. The molecule has 5 heteroatoms. The highest BCUT2D eigenvalue weighted by molar-refractivity contribution is 9.09. The molecule has 0 bridgehead atoms. The Morgan fingerprint density at radius 1 is 1.28 bits per heavy atom. The van der Waals surface area contributed by atoms with Gasteiger partial charge in [0.15, 0.2) is 0 Å². The van der Waals surface area contributed by atoms with Crippen LogP contribution in [0.15, 0.2) is 0 Å². The van der Waals surface area contributed by atoms with E-state index in [0.717, 1.165) is 18.2 Å². The number of alkyl halides is 1. The fraction of sp³-hybridized carbons (Fsp3) is 0.846. The van der Waals surface area contributed by atoms with Crippen LogP contribution in [-0.2, 0) is 4.79 Å². The van der Waals surface area contributed by atoms with Gasteiger partial charge in [0.1, 0.15) is 5.54 Å². The SMILES string of the molecule is CCC(CC)(CBr)CN1C(=O)NC(C)(CC)C1=O. The first kappa shape index (κ1) is 15.5. The Balaban J connectivity index is 2.91. The summed E-state index contributed by atoms with van der Waals surface area (Å²) in [6.45, 7) is 8.40. The molecule has 1 saturated heterocycles. The average molecular weight is 319 g/mol. The third-order valence-electron chi connectivity index (χ3n) is 4.33. The minimum Gasteiger partial charge on any atom is -0.323 e. The number of hydrogen-bond donors (Lipinski definition) is 1. The van der Waals surface area contributed by atoms with E-state index in [0.29, 0.717) is 13.0 Å². The van der Waals surface area contributed by atoms with Gasteiger partial charge in [-0.25, -0.2) is 4.79 Å². The first-order chi connectivity index (χ1) is 8.38. The molecule has 1 aliphatic rings. The van der Waals surface area contributed by atoms with Gasteiger partial charge >= 0.3 is 6.03 Å². The fourth-order valence-corrected chi connectivity index (χ4v) is 3.14. The number of nitrogens with one attached hydrogen (secondary N) is 1. The Kier molecular flexibility index (Phi) is 4.81. The van der Waals surface area contributed by atoms with Crippen molar-refractivity contribution in [3.8, 4) is 0 Å². The molecule has 18 heavy (non-hydrogen) atoms. The lowest BCUT2D eigenvalue weighted by atomic mass is 9.84. The van der Waals surface area contributed by atoms with Crippen molar-refractivity contribution >= 4 is 27.9 Å². The van der Waals surface area contributed by atoms with Crippen molar-refractivity contribution in [3.63, 3.8) is 0 Å². The quantitative estimate of drug-likeness (QED) is 0.604. The van der Waals surface area contributed by atoms with E-state index in [1.54, 1.807) is 6.92 Å². The van der Waals surface area contributed by atoms with Crippen molar-refractivity contribution in [2.45, 2.75) is 52.5 Å². The van der Waals surface area contributed by atoms with Gasteiger partial charge in [0.05, 0.1) is 0 Å². The van der Waals surface area contributed by atoms with Crippen molar-refractivity contribution in [2.24, 2.45) is 5.41 Å². The van der Waals surface area contributed by atoms with Gasteiger partial charge in [-0.2, -0.15) is 0 Å². The Morgan fingerprint density at radius 3 is 2.17 bits per heavy atom. The van der Waals surface area contributed by atoms with Crippen LogP contribution in [0.25, 0.3) is 0 Å². The molecule has 1 N–H and O–H groups in total. The van der Waals surface area contributed by atoms with E-state index in [9.17, 15) is 9.59 Å². The zero-order chi connectivity index (χ0) is 14.0. The molecular weight excluding hydrogens is 296 g/mol. The second-order valence-electron chi connectivity index (χ2n) is 5.35. The van der Waals surface area contributed by atoms with E-state index in [-0.39, 0.29) is 17.4 Å². The van der Waals surface area contributed by atoms with E-state index in [2.05, 4.69) is 35.1 Å². The molecule has 0 saturated carbocycles. The predicted octanol–water partition coefficient (Wildman–Crippen LogP) is 2.91. The molecule has 0 spiro atoms. The van der Waals surface area contributed by atoms with Crippen molar-refractivity contribution in [3.05, 3.63) is 0 Å². The number of carbonyl (C=O) groups is 2. The number of imide groups is 1. The topological polar surface area (TPSA) is 49.4 Å². The molecule has 3 amide bonds. The largest absolute Gasteiger partial charge is 0.325 e. The first-order valence-electron chi connectivity index (χ1n) is 6.58. The van der Waals surface area contributed by atoms with Crippen LogP contribution in [0.1, 0.15) is 47.0 Å². The van der Waals surface area contributed by atoms with Crippen LogP contribution in [-0.4, -0.2) is 34.3 Å². The highest BCUT2D eigenvalue weighted by Crippen LogP contribution is 2.32. The van der Waals surface area contributed by atoms with Crippen LogP contribution in [0.2, 0.25) is 0 Å². The molecule has 0 aromatic heterocycles. The Labute approximate surface area is 118 Å². The normalized spacial score (nSPS) is 24.6. The molecule has 104 valence electrons. The van der Waals surface area contributed by atoms with E-state index < -0.39 is 5.54 Å². The first-order valence-corrected chi connectivity index (χ1v) is 7.70. The highest BCUT2D eigenvalue weighted by atomic mass is 79.9. The second kappa shape index (κ2) is 5.59. The lowest BCUT2D eigenvalue weighted by molar-refractivity contribution is -0.131. The summed E-state index contributed by atoms with van der Waals surface area (Å²) in [7, 11) is 0. The maximum absolute atomic E-state index is 12.3. The highest BCUT2D eigenvalue weighted by Gasteiger charge is 2.48. The molecule has 0 radical (unpaired) electrons. The number of urea groups is 1. The van der Waals surface area contributed by atoms with Crippen LogP contribution in [0.3, 0.4) is 0 Å². The molecule has 0 aliphatic carbocycles. The van der Waals surface area contributed by atoms with Gasteiger partial charge in [-0.15, -0.1) is 0 Å². The van der Waals surface area contributed by atoms with Gasteiger partial charge in [-0.05, 0) is 31.6 Å². The predicted molar refractivity (Wildman–Crippen MR) is 75.7 cm³/mol. The van der Waals surface area contributed by atoms with E-state index >= 15 is 0 Å². The molecular formula is C13H23BrN2O2. The van der Waals surface area contributed by atoms with Gasteiger partial charge in [0, 0.05) is 11.9 Å². The molecule has 1 rings (SSSR count). The van der Waals surface area contributed by atoms with Crippen LogP contribution in [0, 0.1) is 5.41 Å². The Morgan fingerprint density at radius 2 is 1.83 bits per heavy atom. The minimum atomic E-state index is -0.726. The van der Waals surface area contributed by atoms with Crippen LogP contribution >= 0.6 is 15.9 Å². The third kappa shape index (κ3) is 2.56. The van der Waals surface area contributed by atoms with Crippen LogP contribution in [0.5, 0.6) is 0 Å². The Hall–Kier alpha value is -0.580. The Bertz CT molecular complexity index is 334. The zero-order valence-corrected chi connectivity index (χ0v) is 13.3. The summed E-state index contributed by atoms with van der Waals surface area (Å²) >= 11 is 3.52. The number of carbonyl (C=O) groups excluding carboxylic acids is 2. The third-order valence-corrected chi connectivity index (χ3v) is 5.52. The maximum Gasteiger partial charge on any atom is 0.325 e. The number of halogens is 1. The summed E-state index contributed by atoms with van der Waals surface area (Å²) < 4.78 is 0. The minimum absolute atomic E-state index is 0.0218. The van der Waals surface area contributed by atoms with Crippen molar-refractivity contribution in [2.75, 3.05) is 11.9 Å². The van der Waals surface area contributed by atoms with Crippen molar-refractivity contribution in [1.82, 2.24) is 10.2 Å². The molecule has 1 atom stereocenters. The van der Waals surface area contributed by atoms with E-state index in [1.165, 1.54) is 4.90 Å². The molecule has 0 aromatic carbocycles. The number of amides is 3. The monoisotopic (exact) mass is 318 g/mol. The van der Waals surface area contributed by atoms with Gasteiger partial charge in [0.2, 0.25) is 0 Å². The molecule has 0 aromatic rings. The standard InChI is InChI=1S/C13H23BrN2O2/c1-5-12(4)10(17)16(11(18)15-12)9-13(6-2,7-3)8-14/h5-9H2,1-4H3,(H,15,18). The average Bonchev–Trinajstić information content (AvgIpc) is 2.60.